The fraction of sp³-hybridized carbons (Fsp3) is 1.00. The summed E-state index contributed by atoms with van der Waals surface area (Å²) in [5, 5.41) is 10.1. The second kappa shape index (κ2) is 6.78. The molecule has 2 fully saturated rings. The van der Waals surface area contributed by atoms with Gasteiger partial charge >= 0.3 is 0 Å². The van der Waals surface area contributed by atoms with Crippen molar-refractivity contribution in [1.29, 1.82) is 0 Å². The van der Waals surface area contributed by atoms with Gasteiger partial charge in [0.1, 0.15) is 0 Å². The van der Waals surface area contributed by atoms with Crippen molar-refractivity contribution < 1.29 is 5.11 Å². The number of fused-ring (bicyclic) bond motifs is 2. The topological polar surface area (TPSA) is 20.2 Å². The van der Waals surface area contributed by atoms with Crippen molar-refractivity contribution in [3.63, 3.8) is 0 Å². The summed E-state index contributed by atoms with van der Waals surface area (Å²) in [6.07, 6.45) is 14.6. The van der Waals surface area contributed by atoms with Gasteiger partial charge in [-0.15, -0.1) is 0 Å². The van der Waals surface area contributed by atoms with Crippen LogP contribution >= 0.6 is 0 Å². The molecule has 0 heterocycles. The molecule has 4 atom stereocenters. The van der Waals surface area contributed by atoms with E-state index in [4.69, 9.17) is 0 Å². The fourth-order valence-electron chi connectivity index (χ4n) is 4.12. The Balaban J connectivity index is 1.53. The van der Waals surface area contributed by atoms with Gasteiger partial charge in [-0.05, 0) is 49.9 Å². The van der Waals surface area contributed by atoms with Crippen molar-refractivity contribution in [2.75, 3.05) is 0 Å². The molecule has 2 saturated carbocycles. The molecule has 2 aliphatic rings. The number of rotatable bonds is 8. The summed E-state index contributed by atoms with van der Waals surface area (Å²) in [6, 6.07) is 0. The molecule has 0 aromatic heterocycles. The molecule has 2 aliphatic carbocycles. The molecular formula is C16H30O. The largest absolute Gasteiger partial charge is 0.393 e. The van der Waals surface area contributed by atoms with Gasteiger partial charge in [0.15, 0.2) is 0 Å². The smallest absolute Gasteiger partial charge is 0.0543 e. The molecule has 0 aromatic carbocycles. The molecule has 0 radical (unpaired) electrons. The van der Waals surface area contributed by atoms with Crippen molar-refractivity contribution >= 4 is 0 Å². The lowest BCUT2D eigenvalue weighted by molar-refractivity contribution is 0.114. The predicted octanol–water partition coefficient (Wildman–Crippen LogP) is 4.53. The highest BCUT2D eigenvalue weighted by atomic mass is 16.3. The normalized spacial score (nSPS) is 33.2. The van der Waals surface area contributed by atoms with Crippen molar-refractivity contribution in [3.05, 3.63) is 0 Å². The molecule has 1 N–H and O–H groups in total. The first kappa shape index (κ1) is 13.4. The quantitative estimate of drug-likeness (QED) is 0.616. The predicted molar refractivity (Wildman–Crippen MR) is 72.9 cm³/mol. The second-order valence-electron chi connectivity index (χ2n) is 6.53. The van der Waals surface area contributed by atoms with Crippen molar-refractivity contribution in [2.24, 2.45) is 17.8 Å². The van der Waals surface area contributed by atoms with E-state index in [9.17, 15) is 5.11 Å². The van der Waals surface area contributed by atoms with E-state index in [0.29, 0.717) is 0 Å². The first-order chi connectivity index (χ1) is 8.29. The fourth-order valence-corrected chi connectivity index (χ4v) is 4.12. The van der Waals surface area contributed by atoms with Gasteiger partial charge in [0.05, 0.1) is 6.10 Å². The molecule has 0 amide bonds. The van der Waals surface area contributed by atoms with Crippen LogP contribution in [0.25, 0.3) is 0 Å². The third-order valence-electron chi connectivity index (χ3n) is 5.10. The number of aliphatic hydroxyl groups excluding tert-OH is 1. The van der Waals surface area contributed by atoms with Crippen LogP contribution in [-0.4, -0.2) is 11.2 Å². The van der Waals surface area contributed by atoms with Crippen LogP contribution in [0.3, 0.4) is 0 Å². The Hall–Kier alpha value is -0.0400. The number of hydrogen-bond acceptors (Lipinski definition) is 1. The lowest BCUT2D eigenvalue weighted by Crippen LogP contribution is -2.18. The summed E-state index contributed by atoms with van der Waals surface area (Å²) >= 11 is 0. The third-order valence-corrected chi connectivity index (χ3v) is 5.10. The maximum atomic E-state index is 10.1. The average Bonchev–Trinajstić information content (AvgIpc) is 2.90. The minimum atomic E-state index is 0.000904. The van der Waals surface area contributed by atoms with E-state index < -0.39 is 0 Å². The van der Waals surface area contributed by atoms with Crippen LogP contribution in [0.2, 0.25) is 0 Å². The van der Waals surface area contributed by atoms with Crippen LogP contribution in [0.1, 0.15) is 77.6 Å². The molecular weight excluding hydrogens is 208 g/mol. The Bertz CT molecular complexity index is 214. The number of hydrogen-bond donors (Lipinski definition) is 1. The van der Waals surface area contributed by atoms with Crippen molar-refractivity contribution in [2.45, 2.75) is 83.7 Å². The highest BCUT2D eigenvalue weighted by molar-refractivity contribution is 4.90. The molecule has 1 heteroatoms. The lowest BCUT2D eigenvalue weighted by Gasteiger charge is -2.24. The zero-order chi connectivity index (χ0) is 12.1. The maximum absolute atomic E-state index is 10.1. The summed E-state index contributed by atoms with van der Waals surface area (Å²) in [7, 11) is 0. The monoisotopic (exact) mass is 238 g/mol. The Morgan fingerprint density at radius 2 is 1.88 bits per heavy atom. The average molecular weight is 238 g/mol. The molecule has 4 unspecified atom stereocenters. The first-order valence-corrected chi connectivity index (χ1v) is 7.97. The van der Waals surface area contributed by atoms with Crippen molar-refractivity contribution in [3.8, 4) is 0 Å². The minimum Gasteiger partial charge on any atom is -0.393 e. The summed E-state index contributed by atoms with van der Waals surface area (Å²) in [5.41, 5.74) is 0. The molecule has 0 saturated heterocycles. The van der Waals surface area contributed by atoms with E-state index in [0.717, 1.165) is 30.6 Å². The summed E-state index contributed by atoms with van der Waals surface area (Å²) in [5.74, 6) is 2.89. The summed E-state index contributed by atoms with van der Waals surface area (Å²) in [4.78, 5) is 0. The maximum Gasteiger partial charge on any atom is 0.0543 e. The van der Waals surface area contributed by atoms with Gasteiger partial charge < -0.3 is 5.11 Å². The van der Waals surface area contributed by atoms with Crippen LogP contribution < -0.4 is 0 Å². The van der Waals surface area contributed by atoms with Gasteiger partial charge in [-0.1, -0.05) is 45.4 Å². The Morgan fingerprint density at radius 3 is 2.53 bits per heavy atom. The van der Waals surface area contributed by atoms with Gasteiger partial charge in [-0.3, -0.25) is 0 Å². The van der Waals surface area contributed by atoms with Crippen molar-refractivity contribution in [1.82, 2.24) is 0 Å². The van der Waals surface area contributed by atoms with Gasteiger partial charge in [0.25, 0.3) is 0 Å². The van der Waals surface area contributed by atoms with E-state index in [2.05, 4.69) is 6.92 Å². The molecule has 0 aliphatic heterocycles. The van der Waals surface area contributed by atoms with Crippen LogP contribution in [0.15, 0.2) is 0 Å². The second-order valence-corrected chi connectivity index (χ2v) is 6.53. The van der Waals surface area contributed by atoms with Gasteiger partial charge in [0, 0.05) is 0 Å². The Kier molecular flexibility index (Phi) is 5.34. The molecule has 1 nitrogen and oxygen atoms in total. The number of aliphatic hydroxyl groups is 1. The van der Waals surface area contributed by atoms with E-state index >= 15 is 0 Å². The zero-order valence-corrected chi connectivity index (χ0v) is 11.5. The third kappa shape index (κ3) is 3.98. The zero-order valence-electron chi connectivity index (χ0n) is 11.5. The van der Waals surface area contributed by atoms with E-state index in [1.54, 1.807) is 0 Å². The lowest BCUT2D eigenvalue weighted by atomic mass is 9.84. The van der Waals surface area contributed by atoms with Gasteiger partial charge in [-0.2, -0.15) is 0 Å². The molecule has 2 rings (SSSR count). The Morgan fingerprint density at radius 1 is 1.06 bits per heavy atom. The minimum absolute atomic E-state index is 0.000904. The van der Waals surface area contributed by atoms with Crippen LogP contribution in [0.4, 0.5) is 0 Å². The molecule has 17 heavy (non-hydrogen) atoms. The Labute approximate surface area is 107 Å². The highest BCUT2D eigenvalue weighted by Crippen LogP contribution is 2.50. The first-order valence-electron chi connectivity index (χ1n) is 7.97. The molecule has 0 aromatic rings. The highest BCUT2D eigenvalue weighted by Gasteiger charge is 2.39. The summed E-state index contributed by atoms with van der Waals surface area (Å²) in [6.45, 7) is 2.25. The summed E-state index contributed by atoms with van der Waals surface area (Å²) < 4.78 is 0. The van der Waals surface area contributed by atoms with Crippen LogP contribution in [-0.2, 0) is 0 Å². The van der Waals surface area contributed by atoms with Crippen LogP contribution in [0.5, 0.6) is 0 Å². The van der Waals surface area contributed by atoms with Crippen LogP contribution in [0, 0.1) is 17.8 Å². The van der Waals surface area contributed by atoms with E-state index in [-0.39, 0.29) is 6.10 Å². The molecule has 0 spiro atoms. The van der Waals surface area contributed by atoms with Gasteiger partial charge in [0.2, 0.25) is 0 Å². The molecule has 2 bridgehead atoms. The SMILES string of the molecule is CCCCCCCC(O)CC1CC2CCC1C2. The molecule has 100 valence electrons. The van der Waals surface area contributed by atoms with Gasteiger partial charge in [-0.25, -0.2) is 0 Å². The van der Waals surface area contributed by atoms with E-state index in [1.807, 2.05) is 0 Å². The van der Waals surface area contributed by atoms with E-state index in [1.165, 1.54) is 57.8 Å². The number of unbranched alkanes of at least 4 members (excludes halogenated alkanes) is 4. The standard InChI is InChI=1S/C16H30O/c1-2-3-4-5-6-7-16(17)12-15-11-13-8-9-14(15)10-13/h13-17H,2-12H2,1H3.